The maximum Gasteiger partial charge on any atom is 0.248 e. The van der Waals surface area contributed by atoms with Crippen molar-refractivity contribution < 1.29 is 4.79 Å². The molecule has 1 heterocycles. The van der Waals surface area contributed by atoms with Crippen LogP contribution >= 0.6 is 23.2 Å². The van der Waals surface area contributed by atoms with Crippen molar-refractivity contribution in [3.63, 3.8) is 0 Å². The lowest BCUT2D eigenvalue weighted by molar-refractivity contribution is -0.117. The van der Waals surface area contributed by atoms with Crippen molar-refractivity contribution in [2.45, 2.75) is 6.92 Å². The molecule has 0 aromatic carbocycles. The summed E-state index contributed by atoms with van der Waals surface area (Å²) in [5.74, 6) is -0.290. The molecule has 0 saturated heterocycles. The summed E-state index contributed by atoms with van der Waals surface area (Å²) < 4.78 is 0. The van der Waals surface area contributed by atoms with E-state index >= 15 is 0 Å². The third-order valence-electron chi connectivity index (χ3n) is 2.23. The maximum atomic E-state index is 11.5. The fourth-order valence-electron chi connectivity index (χ4n) is 1.21. The van der Waals surface area contributed by atoms with Gasteiger partial charge in [0.2, 0.25) is 5.91 Å². The van der Waals surface area contributed by atoms with Gasteiger partial charge in [-0.05, 0) is 6.92 Å². The fourth-order valence-corrected chi connectivity index (χ4v) is 1.67. The van der Waals surface area contributed by atoms with Gasteiger partial charge in [0.05, 0.1) is 21.4 Å². The Hall–Kier alpha value is -1.59. The number of nitrogens with one attached hydrogen (secondary N) is 3. The number of rotatable bonds is 4. The lowest BCUT2D eigenvalue weighted by Gasteiger charge is -2.12. The SMILES string of the molecule is CNC(=O)/C(C)=C(\C=N)Nc1c(Cl)cncc1Cl. The molecule has 0 spiro atoms. The first-order valence-electron chi connectivity index (χ1n) is 5.00. The van der Waals surface area contributed by atoms with Crippen LogP contribution in [0.15, 0.2) is 23.7 Å². The van der Waals surface area contributed by atoms with E-state index in [4.69, 9.17) is 28.6 Å². The smallest absolute Gasteiger partial charge is 0.248 e. The molecule has 1 aromatic rings. The number of hydrogen-bond acceptors (Lipinski definition) is 4. The van der Waals surface area contributed by atoms with E-state index < -0.39 is 0 Å². The highest BCUT2D eigenvalue weighted by molar-refractivity contribution is 6.39. The van der Waals surface area contributed by atoms with Crippen LogP contribution < -0.4 is 10.6 Å². The van der Waals surface area contributed by atoms with Crippen molar-refractivity contribution in [3.05, 3.63) is 33.7 Å². The first kappa shape index (κ1) is 14.5. The van der Waals surface area contributed by atoms with E-state index in [1.807, 2.05) is 0 Å². The van der Waals surface area contributed by atoms with Crippen molar-refractivity contribution in [1.82, 2.24) is 10.3 Å². The number of allylic oxidation sites excluding steroid dienone is 1. The molecule has 3 N–H and O–H groups in total. The second kappa shape index (κ2) is 6.37. The topological polar surface area (TPSA) is 77.9 Å². The first-order chi connectivity index (χ1) is 8.51. The summed E-state index contributed by atoms with van der Waals surface area (Å²) in [6.45, 7) is 1.59. The molecule has 0 saturated carbocycles. The van der Waals surface area contributed by atoms with Gasteiger partial charge in [0.25, 0.3) is 0 Å². The second-order valence-electron chi connectivity index (χ2n) is 3.37. The van der Waals surface area contributed by atoms with Crippen LogP contribution in [0.3, 0.4) is 0 Å². The van der Waals surface area contributed by atoms with Crippen LogP contribution in [0.4, 0.5) is 5.69 Å². The Morgan fingerprint density at radius 3 is 2.39 bits per heavy atom. The molecular formula is C11H12Cl2N4O. The Morgan fingerprint density at radius 2 is 1.94 bits per heavy atom. The predicted molar refractivity (Wildman–Crippen MR) is 73.4 cm³/mol. The zero-order chi connectivity index (χ0) is 13.7. The predicted octanol–water partition coefficient (Wildman–Crippen LogP) is 2.47. The van der Waals surface area contributed by atoms with Gasteiger partial charge in [-0.25, -0.2) is 0 Å². The molecule has 96 valence electrons. The zero-order valence-corrected chi connectivity index (χ0v) is 11.4. The molecule has 5 nitrogen and oxygen atoms in total. The molecule has 0 bridgehead atoms. The largest absolute Gasteiger partial charge is 0.355 e. The molecule has 0 fully saturated rings. The van der Waals surface area contributed by atoms with E-state index in [2.05, 4.69) is 15.6 Å². The summed E-state index contributed by atoms with van der Waals surface area (Å²) in [6.07, 6.45) is 3.87. The van der Waals surface area contributed by atoms with Gasteiger partial charge < -0.3 is 16.0 Å². The van der Waals surface area contributed by atoms with Crippen LogP contribution in [0.25, 0.3) is 0 Å². The van der Waals surface area contributed by atoms with Crippen LogP contribution in [0.2, 0.25) is 10.0 Å². The number of amides is 1. The van der Waals surface area contributed by atoms with Crippen molar-refractivity contribution in [2.24, 2.45) is 0 Å². The van der Waals surface area contributed by atoms with E-state index in [1.165, 1.54) is 19.4 Å². The summed E-state index contributed by atoms with van der Waals surface area (Å²) in [7, 11) is 1.51. The van der Waals surface area contributed by atoms with Gasteiger partial charge in [-0.2, -0.15) is 0 Å². The average molecular weight is 287 g/mol. The van der Waals surface area contributed by atoms with E-state index in [-0.39, 0.29) is 5.91 Å². The van der Waals surface area contributed by atoms with Gasteiger partial charge in [0.15, 0.2) is 0 Å². The fraction of sp³-hybridized carbons (Fsp3) is 0.182. The highest BCUT2D eigenvalue weighted by Crippen LogP contribution is 2.29. The first-order valence-corrected chi connectivity index (χ1v) is 5.76. The molecule has 0 aliphatic carbocycles. The van der Waals surface area contributed by atoms with Crippen LogP contribution in [-0.4, -0.2) is 24.2 Å². The van der Waals surface area contributed by atoms with Crippen molar-refractivity contribution in [1.29, 1.82) is 5.41 Å². The van der Waals surface area contributed by atoms with Gasteiger partial charge in [-0.15, -0.1) is 0 Å². The minimum Gasteiger partial charge on any atom is -0.355 e. The number of carbonyl (C=O) groups excluding carboxylic acids is 1. The lowest BCUT2D eigenvalue weighted by atomic mass is 10.2. The van der Waals surface area contributed by atoms with Crippen LogP contribution in [0.1, 0.15) is 6.92 Å². The summed E-state index contributed by atoms with van der Waals surface area (Å²) in [4.78, 5) is 15.3. The number of nitrogens with zero attached hydrogens (tertiary/aromatic N) is 1. The number of likely N-dealkylation sites (N-methyl/N-ethyl adjacent to an activating group) is 1. The van der Waals surface area contributed by atoms with Crippen molar-refractivity contribution in [3.8, 4) is 0 Å². The van der Waals surface area contributed by atoms with E-state index in [1.54, 1.807) is 6.92 Å². The quantitative estimate of drug-likeness (QED) is 0.588. The van der Waals surface area contributed by atoms with Gasteiger partial charge >= 0.3 is 0 Å². The molecule has 1 amide bonds. The Labute approximate surface area is 115 Å². The van der Waals surface area contributed by atoms with Crippen molar-refractivity contribution in [2.75, 3.05) is 12.4 Å². The molecule has 0 aliphatic rings. The van der Waals surface area contributed by atoms with E-state index in [0.717, 1.165) is 6.21 Å². The molecule has 0 radical (unpaired) electrons. The highest BCUT2D eigenvalue weighted by atomic mass is 35.5. The van der Waals surface area contributed by atoms with Crippen LogP contribution in [0, 0.1) is 5.41 Å². The molecule has 18 heavy (non-hydrogen) atoms. The number of hydrogen-bond donors (Lipinski definition) is 3. The van der Waals surface area contributed by atoms with Gasteiger partial charge in [0, 0.05) is 31.2 Å². The third-order valence-corrected chi connectivity index (χ3v) is 2.80. The average Bonchev–Trinajstić information content (AvgIpc) is 2.37. The molecule has 1 rings (SSSR count). The zero-order valence-electron chi connectivity index (χ0n) is 9.84. The van der Waals surface area contributed by atoms with Crippen LogP contribution in [-0.2, 0) is 4.79 Å². The Balaban J connectivity index is 3.15. The minimum atomic E-state index is -0.290. The highest BCUT2D eigenvalue weighted by Gasteiger charge is 2.11. The number of anilines is 1. The summed E-state index contributed by atoms with van der Waals surface area (Å²) in [6, 6.07) is 0. The monoisotopic (exact) mass is 286 g/mol. The molecule has 0 atom stereocenters. The molecule has 1 aromatic heterocycles. The molecule has 7 heteroatoms. The summed E-state index contributed by atoms with van der Waals surface area (Å²) in [5, 5.41) is 13.3. The number of pyridine rings is 1. The molecular weight excluding hydrogens is 275 g/mol. The maximum absolute atomic E-state index is 11.5. The van der Waals surface area contributed by atoms with Crippen molar-refractivity contribution >= 4 is 41.0 Å². The Bertz CT molecular complexity index is 494. The van der Waals surface area contributed by atoms with E-state index in [9.17, 15) is 4.79 Å². The van der Waals surface area contributed by atoms with Crippen LogP contribution in [0.5, 0.6) is 0 Å². The van der Waals surface area contributed by atoms with Gasteiger partial charge in [-0.1, -0.05) is 23.2 Å². The third kappa shape index (κ3) is 3.21. The number of halogens is 2. The molecule has 0 aliphatic heterocycles. The second-order valence-corrected chi connectivity index (χ2v) is 4.18. The van der Waals surface area contributed by atoms with E-state index in [0.29, 0.717) is 27.0 Å². The standard InChI is InChI=1S/C11H12Cl2N4O/c1-6(11(18)15-2)9(3-14)17-10-7(12)4-16-5-8(10)13/h3-5,14H,1-2H3,(H,15,18)(H,16,17)/b9-6+,14-3?. The summed E-state index contributed by atoms with van der Waals surface area (Å²) >= 11 is 11.9. The normalized spacial score (nSPS) is 11.6. The summed E-state index contributed by atoms with van der Waals surface area (Å²) in [5.41, 5.74) is 1.08. The number of aromatic nitrogens is 1. The minimum absolute atomic E-state index is 0.290. The van der Waals surface area contributed by atoms with Gasteiger partial charge in [0.1, 0.15) is 0 Å². The molecule has 0 unspecified atom stereocenters. The Kier molecular flexibility index (Phi) is 5.12. The lowest BCUT2D eigenvalue weighted by Crippen LogP contribution is -2.22. The van der Waals surface area contributed by atoms with Gasteiger partial charge in [-0.3, -0.25) is 9.78 Å². The Morgan fingerprint density at radius 1 is 1.39 bits per heavy atom. The number of carbonyl (C=O) groups is 1.